The Kier molecular flexibility index (Phi) is 4.78. The number of non-ortho nitro benzene ring substituents is 1. The van der Waals surface area contributed by atoms with Crippen LogP contribution >= 0.6 is 0 Å². The number of furan rings is 1. The molecule has 9 heteroatoms. The standard InChI is InChI=1S/C21H14F2N2O5/c1-11-2-5-15(16(26)8-11)24-10-12-3-6-18(30-21(22)23)20-19(12)14-9-13(25(27)28)4-7-17(14)29-20/h2-10,21,26H,1H3. The summed E-state index contributed by atoms with van der Waals surface area (Å²) < 4.78 is 35.8. The second-order valence-corrected chi connectivity index (χ2v) is 6.53. The number of aliphatic imine (C=N–C) groups is 1. The molecule has 0 spiro atoms. The van der Waals surface area contributed by atoms with E-state index in [0.717, 1.165) is 5.56 Å². The van der Waals surface area contributed by atoms with Gasteiger partial charge in [-0.25, -0.2) is 0 Å². The van der Waals surface area contributed by atoms with E-state index < -0.39 is 11.5 Å². The van der Waals surface area contributed by atoms with E-state index in [1.165, 1.54) is 36.5 Å². The van der Waals surface area contributed by atoms with Crippen LogP contribution in [0.2, 0.25) is 0 Å². The number of hydrogen-bond donors (Lipinski definition) is 1. The van der Waals surface area contributed by atoms with Gasteiger partial charge < -0.3 is 14.3 Å². The molecule has 30 heavy (non-hydrogen) atoms. The summed E-state index contributed by atoms with van der Waals surface area (Å²) in [5.74, 6) is -0.220. The number of nitrogens with zero attached hydrogens (tertiary/aromatic N) is 2. The molecule has 0 aliphatic rings. The number of ether oxygens (including phenoxy) is 1. The number of nitro groups is 1. The number of phenols is 1. The van der Waals surface area contributed by atoms with Gasteiger partial charge >= 0.3 is 6.61 Å². The molecule has 0 bridgehead atoms. The molecule has 0 radical (unpaired) electrons. The molecule has 1 N–H and O–H groups in total. The van der Waals surface area contributed by atoms with Crippen LogP contribution < -0.4 is 4.74 Å². The molecule has 3 aromatic carbocycles. The van der Waals surface area contributed by atoms with Gasteiger partial charge in [0.2, 0.25) is 0 Å². The normalized spacial score (nSPS) is 11.7. The van der Waals surface area contributed by atoms with Gasteiger partial charge in [-0.3, -0.25) is 15.1 Å². The molecule has 0 atom stereocenters. The van der Waals surface area contributed by atoms with Crippen LogP contribution in [0.15, 0.2) is 57.9 Å². The van der Waals surface area contributed by atoms with E-state index in [2.05, 4.69) is 9.73 Å². The molecule has 152 valence electrons. The summed E-state index contributed by atoms with van der Waals surface area (Å²) in [6.45, 7) is -1.25. The Morgan fingerprint density at radius 2 is 2.00 bits per heavy atom. The molecule has 0 saturated carbocycles. The minimum Gasteiger partial charge on any atom is -0.506 e. The zero-order valence-electron chi connectivity index (χ0n) is 15.5. The van der Waals surface area contributed by atoms with Gasteiger partial charge in [-0.2, -0.15) is 8.78 Å². The van der Waals surface area contributed by atoms with Gasteiger partial charge in [0.05, 0.1) is 4.92 Å². The smallest absolute Gasteiger partial charge is 0.387 e. The second-order valence-electron chi connectivity index (χ2n) is 6.53. The van der Waals surface area contributed by atoms with Gasteiger partial charge in [-0.15, -0.1) is 0 Å². The third kappa shape index (κ3) is 3.52. The van der Waals surface area contributed by atoms with Crippen LogP contribution in [0.25, 0.3) is 21.9 Å². The van der Waals surface area contributed by atoms with Crippen LogP contribution in [0, 0.1) is 17.0 Å². The monoisotopic (exact) mass is 412 g/mol. The number of alkyl halides is 2. The van der Waals surface area contributed by atoms with Gasteiger partial charge in [0.1, 0.15) is 17.0 Å². The van der Waals surface area contributed by atoms with Crippen molar-refractivity contribution in [3.05, 3.63) is 69.8 Å². The highest BCUT2D eigenvalue weighted by Crippen LogP contribution is 2.39. The highest BCUT2D eigenvalue weighted by molar-refractivity contribution is 6.15. The van der Waals surface area contributed by atoms with E-state index >= 15 is 0 Å². The highest BCUT2D eigenvalue weighted by atomic mass is 19.3. The Morgan fingerprint density at radius 3 is 2.70 bits per heavy atom. The first-order chi connectivity index (χ1) is 14.3. The molecule has 0 saturated heterocycles. The van der Waals surface area contributed by atoms with Crippen molar-refractivity contribution in [2.24, 2.45) is 4.99 Å². The van der Waals surface area contributed by atoms with Crippen LogP contribution in [-0.4, -0.2) is 22.9 Å². The lowest BCUT2D eigenvalue weighted by Gasteiger charge is -2.06. The predicted octanol–water partition coefficient (Wildman–Crippen LogP) is 5.86. The number of fused-ring (bicyclic) bond motifs is 3. The Hall–Kier alpha value is -4.01. The van der Waals surface area contributed by atoms with E-state index in [1.54, 1.807) is 18.2 Å². The van der Waals surface area contributed by atoms with Gasteiger partial charge in [0.15, 0.2) is 11.3 Å². The fraction of sp³-hybridized carbons (Fsp3) is 0.0952. The maximum absolute atomic E-state index is 12.8. The number of rotatable bonds is 5. The molecule has 0 fully saturated rings. The molecule has 7 nitrogen and oxygen atoms in total. The Bertz CT molecular complexity index is 1310. The first kappa shape index (κ1) is 19.3. The summed E-state index contributed by atoms with van der Waals surface area (Å²) in [7, 11) is 0. The average Bonchev–Trinajstić information content (AvgIpc) is 3.07. The SMILES string of the molecule is Cc1ccc(N=Cc2ccc(OC(F)F)c3oc4ccc([N+](=O)[O-])cc4c23)c(O)c1. The first-order valence-corrected chi connectivity index (χ1v) is 8.75. The number of halogens is 2. The Balaban J connectivity index is 1.94. The molecule has 0 unspecified atom stereocenters. The predicted molar refractivity (Wildman–Crippen MR) is 107 cm³/mol. The minimum absolute atomic E-state index is 0.0166. The van der Waals surface area contributed by atoms with Crippen molar-refractivity contribution >= 4 is 39.5 Å². The number of aryl methyl sites for hydroxylation is 1. The van der Waals surface area contributed by atoms with Crippen molar-refractivity contribution in [1.29, 1.82) is 0 Å². The first-order valence-electron chi connectivity index (χ1n) is 8.75. The lowest BCUT2D eigenvalue weighted by molar-refractivity contribution is -0.384. The lowest BCUT2D eigenvalue weighted by Crippen LogP contribution is -2.02. The number of aromatic hydroxyl groups is 1. The molecular formula is C21H14F2N2O5. The van der Waals surface area contributed by atoms with Gasteiger partial charge in [-0.1, -0.05) is 6.07 Å². The summed E-state index contributed by atoms with van der Waals surface area (Å²) in [6.07, 6.45) is 1.42. The summed E-state index contributed by atoms with van der Waals surface area (Å²) in [4.78, 5) is 14.9. The zero-order valence-corrected chi connectivity index (χ0v) is 15.5. The minimum atomic E-state index is -3.07. The van der Waals surface area contributed by atoms with Crippen LogP contribution in [0.5, 0.6) is 11.5 Å². The maximum atomic E-state index is 12.8. The molecular weight excluding hydrogens is 398 g/mol. The third-order valence-corrected chi connectivity index (χ3v) is 4.50. The molecule has 4 aromatic rings. The maximum Gasteiger partial charge on any atom is 0.387 e. The Labute approximate surface area is 168 Å². The van der Waals surface area contributed by atoms with Crippen molar-refractivity contribution in [2.75, 3.05) is 0 Å². The molecule has 4 rings (SSSR count). The van der Waals surface area contributed by atoms with Crippen molar-refractivity contribution in [2.45, 2.75) is 13.5 Å². The zero-order chi connectivity index (χ0) is 21.4. The van der Waals surface area contributed by atoms with Crippen LogP contribution in [0.4, 0.5) is 20.2 Å². The van der Waals surface area contributed by atoms with Crippen molar-refractivity contribution in [1.82, 2.24) is 0 Å². The number of hydrogen-bond acceptors (Lipinski definition) is 6. The van der Waals surface area contributed by atoms with E-state index in [1.807, 2.05) is 6.92 Å². The van der Waals surface area contributed by atoms with Gasteiger partial charge in [0.25, 0.3) is 5.69 Å². The molecule has 0 amide bonds. The van der Waals surface area contributed by atoms with E-state index in [0.29, 0.717) is 22.0 Å². The van der Waals surface area contributed by atoms with Gasteiger partial charge in [-0.05, 0) is 42.8 Å². The van der Waals surface area contributed by atoms with Crippen molar-refractivity contribution < 1.29 is 28.0 Å². The second kappa shape index (κ2) is 7.43. The average molecular weight is 412 g/mol. The highest BCUT2D eigenvalue weighted by Gasteiger charge is 2.19. The summed E-state index contributed by atoms with van der Waals surface area (Å²) >= 11 is 0. The van der Waals surface area contributed by atoms with Crippen LogP contribution in [-0.2, 0) is 0 Å². The summed E-state index contributed by atoms with van der Waals surface area (Å²) in [6, 6.07) is 11.7. The fourth-order valence-corrected chi connectivity index (χ4v) is 3.16. The summed E-state index contributed by atoms with van der Waals surface area (Å²) in [5, 5.41) is 21.9. The van der Waals surface area contributed by atoms with Crippen molar-refractivity contribution in [3.63, 3.8) is 0 Å². The van der Waals surface area contributed by atoms with Gasteiger partial charge in [0, 0.05) is 34.7 Å². The molecule has 0 aliphatic heterocycles. The number of benzene rings is 3. The molecule has 1 aromatic heterocycles. The fourth-order valence-electron chi connectivity index (χ4n) is 3.16. The number of nitro benzene ring substituents is 1. The topological polar surface area (TPSA) is 98.1 Å². The van der Waals surface area contributed by atoms with E-state index in [-0.39, 0.29) is 28.4 Å². The molecule has 0 aliphatic carbocycles. The summed E-state index contributed by atoms with van der Waals surface area (Å²) in [5.41, 5.74) is 1.72. The third-order valence-electron chi connectivity index (χ3n) is 4.50. The quantitative estimate of drug-likeness (QED) is 0.251. The van der Waals surface area contributed by atoms with Crippen LogP contribution in [0.3, 0.4) is 0 Å². The largest absolute Gasteiger partial charge is 0.506 e. The van der Waals surface area contributed by atoms with Crippen LogP contribution in [0.1, 0.15) is 11.1 Å². The van der Waals surface area contributed by atoms with E-state index in [9.17, 15) is 24.0 Å². The van der Waals surface area contributed by atoms with E-state index in [4.69, 9.17) is 4.42 Å². The lowest BCUT2D eigenvalue weighted by atomic mass is 10.1. The Morgan fingerprint density at radius 1 is 1.20 bits per heavy atom. The number of phenolic OH excluding ortho intramolecular Hbond substituents is 1. The molecule has 1 heterocycles. The van der Waals surface area contributed by atoms with Crippen molar-refractivity contribution in [3.8, 4) is 11.5 Å².